The van der Waals surface area contributed by atoms with Crippen LogP contribution in [-0.4, -0.2) is 28.0 Å². The predicted octanol–water partition coefficient (Wildman–Crippen LogP) is 2.52. The fraction of sp³-hybridized carbons (Fsp3) is 0.667. The van der Waals surface area contributed by atoms with E-state index in [1.54, 1.807) is 6.33 Å². The van der Waals surface area contributed by atoms with Crippen molar-refractivity contribution >= 4 is 17.6 Å². The van der Waals surface area contributed by atoms with Crippen molar-refractivity contribution < 1.29 is 0 Å². The second kappa shape index (κ2) is 5.53. The van der Waals surface area contributed by atoms with Crippen molar-refractivity contribution in [2.45, 2.75) is 37.9 Å². The molecule has 1 aromatic heterocycles. The molecule has 0 bridgehead atoms. The third kappa shape index (κ3) is 2.67. The smallest absolute Gasteiger partial charge is 0.132 e. The topological polar surface area (TPSA) is 37.8 Å². The summed E-state index contributed by atoms with van der Waals surface area (Å²) in [7, 11) is 0. The molecule has 1 unspecified atom stereocenters. The lowest BCUT2D eigenvalue weighted by molar-refractivity contribution is 0.663. The summed E-state index contributed by atoms with van der Waals surface area (Å²) in [6.45, 7) is 3.20. The molecule has 1 atom stereocenters. The van der Waals surface area contributed by atoms with E-state index in [2.05, 4.69) is 28.5 Å². The fourth-order valence-electron chi connectivity index (χ4n) is 2.00. The van der Waals surface area contributed by atoms with Crippen LogP contribution in [0, 0.1) is 0 Å². The average Bonchev–Trinajstić information content (AvgIpc) is 2.35. The van der Waals surface area contributed by atoms with E-state index in [9.17, 15) is 0 Å². The molecule has 3 nitrogen and oxygen atoms in total. The van der Waals surface area contributed by atoms with Gasteiger partial charge in [-0.3, -0.25) is 0 Å². The number of nitrogens with one attached hydrogen (secondary N) is 1. The van der Waals surface area contributed by atoms with Gasteiger partial charge in [0.2, 0.25) is 0 Å². The standard InChI is InChI=1S/C12H19N3S/c1-9(16-2)7-13-12-10-5-3-4-6-11(10)14-8-15-12/h8-9H,3-7H2,1-2H3,(H,13,14,15). The lowest BCUT2D eigenvalue weighted by Crippen LogP contribution is -2.17. The van der Waals surface area contributed by atoms with Gasteiger partial charge in [0.25, 0.3) is 0 Å². The first kappa shape index (κ1) is 11.7. The normalized spacial score (nSPS) is 16.6. The molecule has 0 saturated heterocycles. The van der Waals surface area contributed by atoms with Crippen LogP contribution in [0.3, 0.4) is 0 Å². The number of aryl methyl sites for hydroxylation is 1. The van der Waals surface area contributed by atoms with Gasteiger partial charge in [-0.05, 0) is 31.9 Å². The van der Waals surface area contributed by atoms with Gasteiger partial charge in [-0.25, -0.2) is 9.97 Å². The molecule has 88 valence electrons. The van der Waals surface area contributed by atoms with E-state index in [1.165, 1.54) is 24.1 Å². The van der Waals surface area contributed by atoms with Crippen molar-refractivity contribution in [1.82, 2.24) is 9.97 Å². The first-order valence-corrected chi connectivity index (χ1v) is 7.19. The molecule has 0 radical (unpaired) electrons. The highest BCUT2D eigenvalue weighted by Crippen LogP contribution is 2.24. The Morgan fingerprint density at radius 1 is 1.38 bits per heavy atom. The van der Waals surface area contributed by atoms with Crippen molar-refractivity contribution in [1.29, 1.82) is 0 Å². The summed E-state index contributed by atoms with van der Waals surface area (Å²) in [5.41, 5.74) is 2.60. The number of aromatic nitrogens is 2. The minimum Gasteiger partial charge on any atom is -0.369 e. The van der Waals surface area contributed by atoms with Crippen molar-refractivity contribution in [3.05, 3.63) is 17.6 Å². The molecule has 0 aliphatic heterocycles. The van der Waals surface area contributed by atoms with Crippen LogP contribution in [0.25, 0.3) is 0 Å². The molecular weight excluding hydrogens is 218 g/mol. The summed E-state index contributed by atoms with van der Waals surface area (Å²) in [6.07, 6.45) is 8.62. The summed E-state index contributed by atoms with van der Waals surface area (Å²) < 4.78 is 0. The Kier molecular flexibility index (Phi) is 4.04. The molecule has 0 amide bonds. The molecule has 1 aliphatic rings. The van der Waals surface area contributed by atoms with Gasteiger partial charge in [0.1, 0.15) is 12.1 Å². The second-order valence-electron chi connectivity index (χ2n) is 4.28. The zero-order valence-corrected chi connectivity index (χ0v) is 10.8. The summed E-state index contributed by atoms with van der Waals surface area (Å²) >= 11 is 1.88. The lowest BCUT2D eigenvalue weighted by Gasteiger charge is -2.19. The molecule has 1 N–H and O–H groups in total. The van der Waals surface area contributed by atoms with Crippen LogP contribution in [0.4, 0.5) is 5.82 Å². The van der Waals surface area contributed by atoms with Gasteiger partial charge in [-0.15, -0.1) is 0 Å². The summed E-state index contributed by atoms with van der Waals surface area (Å²) in [6, 6.07) is 0. The molecule has 16 heavy (non-hydrogen) atoms. The van der Waals surface area contributed by atoms with Gasteiger partial charge >= 0.3 is 0 Å². The van der Waals surface area contributed by atoms with E-state index in [0.717, 1.165) is 25.2 Å². The minimum absolute atomic E-state index is 0.620. The molecular formula is C12H19N3S. The first-order valence-electron chi connectivity index (χ1n) is 5.90. The van der Waals surface area contributed by atoms with Gasteiger partial charge in [0.15, 0.2) is 0 Å². The third-order valence-corrected chi connectivity index (χ3v) is 4.06. The van der Waals surface area contributed by atoms with Crippen molar-refractivity contribution in [3.63, 3.8) is 0 Å². The van der Waals surface area contributed by atoms with E-state index < -0.39 is 0 Å². The van der Waals surface area contributed by atoms with Gasteiger partial charge in [-0.1, -0.05) is 6.92 Å². The summed E-state index contributed by atoms with van der Waals surface area (Å²) in [5, 5.41) is 4.07. The maximum atomic E-state index is 4.37. The van der Waals surface area contributed by atoms with E-state index in [4.69, 9.17) is 0 Å². The van der Waals surface area contributed by atoms with Crippen LogP contribution < -0.4 is 5.32 Å². The third-order valence-electron chi connectivity index (χ3n) is 3.08. The summed E-state index contributed by atoms with van der Waals surface area (Å²) in [4.78, 5) is 8.74. The molecule has 1 aromatic rings. The van der Waals surface area contributed by atoms with Crippen LogP contribution in [0.1, 0.15) is 31.0 Å². The zero-order valence-electron chi connectivity index (χ0n) is 9.99. The largest absolute Gasteiger partial charge is 0.369 e. The maximum absolute atomic E-state index is 4.37. The van der Waals surface area contributed by atoms with Crippen molar-refractivity contribution in [2.24, 2.45) is 0 Å². The Morgan fingerprint density at radius 2 is 2.19 bits per heavy atom. The quantitative estimate of drug-likeness (QED) is 0.873. The van der Waals surface area contributed by atoms with Crippen LogP contribution in [0.5, 0.6) is 0 Å². The Hall–Kier alpha value is -0.770. The highest BCUT2D eigenvalue weighted by atomic mass is 32.2. The van der Waals surface area contributed by atoms with Crippen molar-refractivity contribution in [2.75, 3.05) is 18.1 Å². The monoisotopic (exact) mass is 237 g/mol. The van der Waals surface area contributed by atoms with Gasteiger partial charge in [0, 0.05) is 23.1 Å². The lowest BCUT2D eigenvalue weighted by atomic mass is 9.96. The van der Waals surface area contributed by atoms with Gasteiger partial charge < -0.3 is 5.32 Å². The number of fused-ring (bicyclic) bond motifs is 1. The van der Waals surface area contributed by atoms with Gasteiger partial charge in [-0.2, -0.15) is 11.8 Å². The van der Waals surface area contributed by atoms with E-state index in [-0.39, 0.29) is 0 Å². The van der Waals surface area contributed by atoms with Crippen LogP contribution in [0.15, 0.2) is 6.33 Å². The number of nitrogens with zero attached hydrogens (tertiary/aromatic N) is 2. The van der Waals surface area contributed by atoms with Crippen LogP contribution >= 0.6 is 11.8 Å². The van der Waals surface area contributed by atoms with E-state index in [0.29, 0.717) is 5.25 Å². The molecule has 2 rings (SSSR count). The summed E-state index contributed by atoms with van der Waals surface area (Å²) in [5.74, 6) is 1.06. The van der Waals surface area contributed by atoms with Crippen LogP contribution in [-0.2, 0) is 12.8 Å². The number of hydrogen-bond donors (Lipinski definition) is 1. The maximum Gasteiger partial charge on any atom is 0.132 e. The van der Waals surface area contributed by atoms with E-state index in [1.807, 2.05) is 11.8 Å². The SMILES string of the molecule is CSC(C)CNc1ncnc2c1CCCC2. The predicted molar refractivity (Wildman–Crippen MR) is 70.1 cm³/mol. The van der Waals surface area contributed by atoms with Crippen molar-refractivity contribution in [3.8, 4) is 0 Å². The van der Waals surface area contributed by atoms with E-state index >= 15 is 0 Å². The minimum atomic E-state index is 0.620. The second-order valence-corrected chi connectivity index (χ2v) is 5.56. The average molecular weight is 237 g/mol. The van der Waals surface area contributed by atoms with Gasteiger partial charge in [0.05, 0.1) is 0 Å². The molecule has 1 heterocycles. The first-order chi connectivity index (χ1) is 7.81. The Bertz CT molecular complexity index is 354. The Morgan fingerprint density at radius 3 is 3.00 bits per heavy atom. The number of rotatable bonds is 4. The molecule has 4 heteroatoms. The number of anilines is 1. The molecule has 0 saturated carbocycles. The molecule has 0 aromatic carbocycles. The number of thioether (sulfide) groups is 1. The highest BCUT2D eigenvalue weighted by molar-refractivity contribution is 7.99. The fourth-order valence-corrected chi connectivity index (χ4v) is 2.25. The molecule has 0 spiro atoms. The Balaban J connectivity index is 2.08. The van der Waals surface area contributed by atoms with Crippen LogP contribution in [0.2, 0.25) is 0 Å². The molecule has 0 fully saturated rings. The highest BCUT2D eigenvalue weighted by Gasteiger charge is 2.15. The zero-order chi connectivity index (χ0) is 11.4. The number of hydrogen-bond acceptors (Lipinski definition) is 4. The molecule has 1 aliphatic carbocycles. The Labute approximate surface area is 101 Å².